The monoisotopic (exact) mass is 166 g/mol. The molecule has 0 rings (SSSR count). The van der Waals surface area contributed by atoms with Crippen LogP contribution in [0.15, 0.2) is 37.6 Å². The van der Waals surface area contributed by atoms with Crippen molar-refractivity contribution >= 4 is 5.91 Å². The molecule has 2 N–H and O–H groups in total. The first-order valence-corrected chi connectivity index (χ1v) is 3.59. The van der Waals surface area contributed by atoms with Gasteiger partial charge in [0.15, 0.2) is 0 Å². The molecule has 3 heteroatoms. The van der Waals surface area contributed by atoms with Crippen molar-refractivity contribution in [3.63, 3.8) is 0 Å². The number of nitrogens with two attached hydrogens (primary N) is 1. The van der Waals surface area contributed by atoms with Gasteiger partial charge in [-0.15, -0.1) is 13.2 Å². The molecule has 3 nitrogen and oxygen atoms in total. The first-order chi connectivity index (χ1) is 5.63. The van der Waals surface area contributed by atoms with Crippen molar-refractivity contribution < 1.29 is 4.79 Å². The molecule has 0 aromatic rings. The van der Waals surface area contributed by atoms with E-state index < -0.39 is 0 Å². The molecule has 0 aliphatic rings. The maximum atomic E-state index is 11.2. The zero-order valence-corrected chi connectivity index (χ0v) is 7.12. The lowest BCUT2D eigenvalue weighted by Gasteiger charge is -2.18. The molecule has 0 aliphatic carbocycles. The normalized spacial score (nSPS) is 8.67. The smallest absolute Gasteiger partial charge is 0.269 e. The van der Waals surface area contributed by atoms with Crippen LogP contribution in [0.4, 0.5) is 0 Å². The lowest BCUT2D eigenvalue weighted by Crippen LogP contribution is -2.34. The molecule has 12 heavy (non-hydrogen) atoms. The van der Waals surface area contributed by atoms with Crippen molar-refractivity contribution in [1.82, 2.24) is 4.90 Å². The summed E-state index contributed by atoms with van der Waals surface area (Å²) in [6.07, 6.45) is 3.26. The van der Waals surface area contributed by atoms with Gasteiger partial charge in [-0.05, 0) is 0 Å². The second-order valence-electron chi connectivity index (χ2n) is 2.31. The van der Waals surface area contributed by atoms with Crippen LogP contribution in [0.5, 0.6) is 0 Å². The molecular formula is C9H14N2O. The average molecular weight is 166 g/mol. The molecule has 0 saturated carbocycles. The molecule has 0 heterocycles. The Morgan fingerprint density at radius 2 is 1.75 bits per heavy atom. The van der Waals surface area contributed by atoms with Gasteiger partial charge in [-0.2, -0.15) is 0 Å². The molecule has 0 fully saturated rings. The molecule has 1 amide bonds. The van der Waals surface area contributed by atoms with Crippen LogP contribution >= 0.6 is 0 Å². The minimum atomic E-state index is -0.269. The third kappa shape index (κ3) is 3.05. The lowest BCUT2D eigenvalue weighted by molar-refractivity contribution is -0.126. The van der Waals surface area contributed by atoms with Crippen molar-refractivity contribution in [3.8, 4) is 0 Å². The number of carbonyl (C=O) groups excluding carboxylic acids is 1. The molecule has 0 radical (unpaired) electrons. The van der Waals surface area contributed by atoms with Crippen LogP contribution in [0.2, 0.25) is 0 Å². The quantitative estimate of drug-likeness (QED) is 0.481. The molecule has 0 atom stereocenters. The second kappa shape index (κ2) is 5.18. The van der Waals surface area contributed by atoms with Gasteiger partial charge in [-0.25, -0.2) is 0 Å². The number of amides is 1. The minimum Gasteiger partial charge on any atom is -0.395 e. The standard InChI is InChI=1S/C9H14N2O/c1-4-6-11(7-5-2)9(12)8(3)10/h4-5H,1-3,6-7,10H2. The van der Waals surface area contributed by atoms with Crippen LogP contribution in [0.3, 0.4) is 0 Å². The Hall–Kier alpha value is -1.51. The van der Waals surface area contributed by atoms with E-state index >= 15 is 0 Å². The van der Waals surface area contributed by atoms with Crippen LogP contribution in [0.1, 0.15) is 0 Å². The Bertz CT molecular complexity index is 199. The largest absolute Gasteiger partial charge is 0.395 e. The van der Waals surface area contributed by atoms with Crippen molar-refractivity contribution in [2.45, 2.75) is 0 Å². The van der Waals surface area contributed by atoms with Gasteiger partial charge in [-0.1, -0.05) is 18.7 Å². The van der Waals surface area contributed by atoms with E-state index in [9.17, 15) is 4.79 Å². The molecular weight excluding hydrogens is 152 g/mol. The number of hydrogen-bond donors (Lipinski definition) is 1. The fraction of sp³-hybridized carbons (Fsp3) is 0.222. The van der Waals surface area contributed by atoms with Crippen molar-refractivity contribution in [2.75, 3.05) is 13.1 Å². The van der Waals surface area contributed by atoms with E-state index in [1.807, 2.05) is 0 Å². The highest BCUT2D eigenvalue weighted by Gasteiger charge is 2.10. The fourth-order valence-corrected chi connectivity index (χ4v) is 0.755. The summed E-state index contributed by atoms with van der Waals surface area (Å²) in [6, 6.07) is 0. The van der Waals surface area contributed by atoms with Crippen LogP contribution in [0, 0.1) is 0 Å². The van der Waals surface area contributed by atoms with Crippen molar-refractivity contribution in [2.24, 2.45) is 5.73 Å². The minimum absolute atomic E-state index is 0.0405. The van der Waals surface area contributed by atoms with E-state index in [1.54, 1.807) is 12.2 Å². The summed E-state index contributed by atoms with van der Waals surface area (Å²) in [4.78, 5) is 12.7. The summed E-state index contributed by atoms with van der Waals surface area (Å²) in [7, 11) is 0. The fourth-order valence-electron chi connectivity index (χ4n) is 0.755. The summed E-state index contributed by atoms with van der Waals surface area (Å²) in [5, 5.41) is 0. The molecule has 0 saturated heterocycles. The summed E-state index contributed by atoms with van der Waals surface area (Å²) in [6.45, 7) is 11.3. The van der Waals surface area contributed by atoms with E-state index in [2.05, 4.69) is 19.7 Å². The van der Waals surface area contributed by atoms with Crippen LogP contribution < -0.4 is 5.73 Å². The summed E-state index contributed by atoms with van der Waals surface area (Å²) >= 11 is 0. The Morgan fingerprint density at radius 1 is 1.33 bits per heavy atom. The Labute approximate surface area is 72.9 Å². The molecule has 0 unspecified atom stereocenters. The second-order valence-corrected chi connectivity index (χ2v) is 2.31. The highest BCUT2D eigenvalue weighted by atomic mass is 16.2. The van der Waals surface area contributed by atoms with Gasteiger partial charge in [-0.3, -0.25) is 4.79 Å². The summed E-state index contributed by atoms with van der Waals surface area (Å²) in [5.41, 5.74) is 5.28. The van der Waals surface area contributed by atoms with Crippen LogP contribution in [-0.4, -0.2) is 23.9 Å². The Balaban J connectivity index is 4.26. The van der Waals surface area contributed by atoms with Gasteiger partial charge in [0, 0.05) is 13.1 Å². The van der Waals surface area contributed by atoms with Gasteiger partial charge in [0.1, 0.15) is 0 Å². The van der Waals surface area contributed by atoms with E-state index in [0.29, 0.717) is 13.1 Å². The zero-order valence-electron chi connectivity index (χ0n) is 7.12. The SMILES string of the molecule is C=CCN(CC=C)C(=O)C(=C)N. The predicted octanol–water partition coefficient (Wildman–Crippen LogP) is 0.659. The molecule has 66 valence electrons. The molecule has 0 bridgehead atoms. The van der Waals surface area contributed by atoms with Crippen LogP contribution in [-0.2, 0) is 4.79 Å². The highest BCUT2D eigenvalue weighted by molar-refractivity contribution is 5.91. The number of carbonyl (C=O) groups is 1. The third-order valence-electron chi connectivity index (χ3n) is 1.26. The van der Waals surface area contributed by atoms with Gasteiger partial charge in [0.25, 0.3) is 5.91 Å². The molecule has 0 aliphatic heterocycles. The zero-order chi connectivity index (χ0) is 9.56. The maximum absolute atomic E-state index is 11.2. The van der Waals surface area contributed by atoms with Crippen LogP contribution in [0.25, 0.3) is 0 Å². The molecule has 0 spiro atoms. The van der Waals surface area contributed by atoms with E-state index in [4.69, 9.17) is 5.73 Å². The summed E-state index contributed by atoms with van der Waals surface area (Å²) in [5.74, 6) is -0.269. The highest BCUT2D eigenvalue weighted by Crippen LogP contribution is 1.94. The van der Waals surface area contributed by atoms with Crippen molar-refractivity contribution in [1.29, 1.82) is 0 Å². The number of hydrogen-bond acceptors (Lipinski definition) is 2. The predicted molar refractivity (Wildman–Crippen MR) is 50.3 cm³/mol. The van der Waals surface area contributed by atoms with Crippen molar-refractivity contribution in [3.05, 3.63) is 37.6 Å². The number of nitrogens with zero attached hydrogens (tertiary/aromatic N) is 1. The van der Waals surface area contributed by atoms with Gasteiger partial charge in [0.05, 0.1) is 5.70 Å². The van der Waals surface area contributed by atoms with Gasteiger partial charge >= 0.3 is 0 Å². The van der Waals surface area contributed by atoms with Gasteiger partial charge < -0.3 is 10.6 Å². The van der Waals surface area contributed by atoms with Gasteiger partial charge in [0.2, 0.25) is 0 Å². The van der Waals surface area contributed by atoms with E-state index in [0.717, 1.165) is 0 Å². The van der Waals surface area contributed by atoms with E-state index in [-0.39, 0.29) is 11.6 Å². The molecule has 0 aromatic heterocycles. The molecule has 0 aromatic carbocycles. The first kappa shape index (κ1) is 10.5. The maximum Gasteiger partial charge on any atom is 0.269 e. The van der Waals surface area contributed by atoms with E-state index in [1.165, 1.54) is 4.90 Å². The Kier molecular flexibility index (Phi) is 4.53. The first-order valence-electron chi connectivity index (χ1n) is 3.59. The average Bonchev–Trinajstić information content (AvgIpc) is 2.03. The third-order valence-corrected chi connectivity index (χ3v) is 1.26. The lowest BCUT2D eigenvalue weighted by atomic mass is 10.3. The summed E-state index contributed by atoms with van der Waals surface area (Å²) < 4.78 is 0. The topological polar surface area (TPSA) is 46.3 Å². The Morgan fingerprint density at radius 3 is 2.00 bits per heavy atom. The number of rotatable bonds is 5.